The number of phenols is 1. The van der Waals surface area contributed by atoms with E-state index >= 15 is 0 Å². The predicted octanol–water partition coefficient (Wildman–Crippen LogP) is 0.744. The number of phenolic OH excluding ortho intramolecular Hbond substituents is 1. The topological polar surface area (TPSA) is 95.9 Å². The second kappa shape index (κ2) is 5.74. The monoisotopic (exact) mass is 239 g/mol. The van der Waals surface area contributed by atoms with Crippen LogP contribution in [0.1, 0.15) is 5.56 Å². The quantitative estimate of drug-likeness (QED) is 0.720. The highest BCUT2D eigenvalue weighted by atomic mass is 16.5. The van der Waals surface area contributed by atoms with Crippen LogP contribution in [-0.2, 0) is 16.0 Å². The molecule has 17 heavy (non-hydrogen) atoms. The van der Waals surface area contributed by atoms with E-state index < -0.39 is 18.1 Å². The molecule has 92 valence electrons. The van der Waals surface area contributed by atoms with E-state index in [4.69, 9.17) is 5.11 Å². The fourth-order valence-corrected chi connectivity index (χ4v) is 1.32. The van der Waals surface area contributed by atoms with Gasteiger partial charge in [0.1, 0.15) is 11.8 Å². The lowest BCUT2D eigenvalue weighted by atomic mass is 10.1. The Balaban J connectivity index is 2.73. The molecular formula is C11H13NO5. The third-order valence-corrected chi connectivity index (χ3v) is 2.13. The van der Waals surface area contributed by atoms with Crippen LogP contribution in [0.25, 0.3) is 0 Å². The van der Waals surface area contributed by atoms with E-state index in [1.807, 2.05) is 0 Å². The van der Waals surface area contributed by atoms with E-state index in [1.54, 1.807) is 12.1 Å². The van der Waals surface area contributed by atoms with Crippen LogP contribution in [0, 0.1) is 0 Å². The Labute approximate surface area is 97.8 Å². The van der Waals surface area contributed by atoms with Crippen molar-refractivity contribution in [2.45, 2.75) is 12.5 Å². The molecule has 0 heterocycles. The maximum Gasteiger partial charge on any atom is 0.407 e. The number of benzene rings is 1. The number of carboxylic acids is 1. The zero-order valence-electron chi connectivity index (χ0n) is 9.21. The smallest absolute Gasteiger partial charge is 0.407 e. The molecule has 0 spiro atoms. The van der Waals surface area contributed by atoms with Crippen molar-refractivity contribution < 1.29 is 24.5 Å². The van der Waals surface area contributed by atoms with Gasteiger partial charge in [0.2, 0.25) is 0 Å². The molecule has 0 fully saturated rings. The van der Waals surface area contributed by atoms with Crippen molar-refractivity contribution in [3.8, 4) is 5.75 Å². The van der Waals surface area contributed by atoms with Crippen LogP contribution in [0.2, 0.25) is 0 Å². The Morgan fingerprint density at radius 1 is 1.47 bits per heavy atom. The van der Waals surface area contributed by atoms with Gasteiger partial charge >= 0.3 is 12.1 Å². The summed E-state index contributed by atoms with van der Waals surface area (Å²) in [5.41, 5.74) is 0.605. The molecule has 0 saturated carbocycles. The van der Waals surface area contributed by atoms with Crippen LogP contribution in [0.3, 0.4) is 0 Å². The first-order valence-corrected chi connectivity index (χ1v) is 4.88. The standard InChI is InChI=1S/C11H13NO5/c1-17-11(16)12-9(10(14)15)6-7-3-2-4-8(13)5-7/h2-5,9,13H,6H2,1H3,(H,12,16)(H,14,15)/t9-/m0/s1. The number of alkyl carbamates (subject to hydrolysis) is 1. The number of nitrogens with one attached hydrogen (secondary N) is 1. The molecule has 6 nitrogen and oxygen atoms in total. The largest absolute Gasteiger partial charge is 0.508 e. The summed E-state index contributed by atoms with van der Waals surface area (Å²) in [4.78, 5) is 21.8. The highest BCUT2D eigenvalue weighted by Gasteiger charge is 2.20. The van der Waals surface area contributed by atoms with Crippen molar-refractivity contribution in [3.05, 3.63) is 29.8 Å². The number of amides is 1. The number of methoxy groups -OCH3 is 1. The van der Waals surface area contributed by atoms with Crippen molar-refractivity contribution in [1.82, 2.24) is 5.32 Å². The molecule has 1 atom stereocenters. The van der Waals surface area contributed by atoms with Crippen molar-refractivity contribution in [2.75, 3.05) is 7.11 Å². The minimum Gasteiger partial charge on any atom is -0.508 e. The third kappa shape index (κ3) is 4.02. The Morgan fingerprint density at radius 3 is 2.71 bits per heavy atom. The molecule has 1 aromatic carbocycles. The third-order valence-electron chi connectivity index (χ3n) is 2.13. The van der Waals surface area contributed by atoms with Gasteiger partial charge in [-0.1, -0.05) is 12.1 Å². The zero-order valence-corrected chi connectivity index (χ0v) is 9.21. The number of hydrogen-bond donors (Lipinski definition) is 3. The maximum atomic E-state index is 10.9. The average molecular weight is 239 g/mol. The fourth-order valence-electron chi connectivity index (χ4n) is 1.32. The van der Waals surface area contributed by atoms with Gasteiger partial charge in [-0.05, 0) is 17.7 Å². The van der Waals surface area contributed by atoms with Crippen LogP contribution < -0.4 is 5.32 Å². The van der Waals surface area contributed by atoms with Gasteiger partial charge in [-0.3, -0.25) is 0 Å². The first-order valence-electron chi connectivity index (χ1n) is 4.88. The molecule has 1 amide bonds. The number of carbonyl (C=O) groups excluding carboxylic acids is 1. The Bertz CT molecular complexity index is 418. The summed E-state index contributed by atoms with van der Waals surface area (Å²) in [6.07, 6.45) is -0.740. The lowest BCUT2D eigenvalue weighted by Crippen LogP contribution is -2.42. The summed E-state index contributed by atoms with van der Waals surface area (Å²) in [5.74, 6) is -1.12. The lowest BCUT2D eigenvalue weighted by molar-refractivity contribution is -0.139. The Kier molecular flexibility index (Phi) is 4.33. The zero-order chi connectivity index (χ0) is 12.8. The molecule has 0 aliphatic carbocycles. The minimum absolute atomic E-state index is 0.0460. The van der Waals surface area contributed by atoms with Gasteiger partial charge < -0.3 is 20.3 Å². The van der Waals surface area contributed by atoms with Gasteiger partial charge in [0, 0.05) is 6.42 Å². The first-order chi connectivity index (χ1) is 8.02. The Hall–Kier alpha value is -2.24. The molecular weight excluding hydrogens is 226 g/mol. The van der Waals surface area contributed by atoms with Crippen LogP contribution in [-0.4, -0.2) is 35.4 Å². The number of rotatable bonds is 4. The summed E-state index contributed by atoms with van der Waals surface area (Å²) in [6, 6.07) is 5.09. The predicted molar refractivity (Wildman–Crippen MR) is 58.8 cm³/mol. The summed E-state index contributed by atoms with van der Waals surface area (Å²) in [5, 5.41) is 20.3. The molecule has 0 aromatic heterocycles. The molecule has 0 aliphatic rings. The van der Waals surface area contributed by atoms with Crippen molar-refractivity contribution in [1.29, 1.82) is 0 Å². The minimum atomic E-state index is -1.17. The van der Waals surface area contributed by atoms with E-state index in [0.717, 1.165) is 7.11 Å². The molecule has 0 aliphatic heterocycles. The van der Waals surface area contributed by atoms with E-state index in [-0.39, 0.29) is 12.2 Å². The first kappa shape index (κ1) is 12.8. The van der Waals surface area contributed by atoms with Crippen LogP contribution in [0.4, 0.5) is 4.79 Å². The molecule has 0 saturated heterocycles. The van der Waals surface area contributed by atoms with Gasteiger partial charge in [0.05, 0.1) is 7.11 Å². The molecule has 0 bridgehead atoms. The number of aliphatic carboxylic acids is 1. The van der Waals surface area contributed by atoms with E-state index in [2.05, 4.69) is 10.1 Å². The van der Waals surface area contributed by atoms with Crippen LogP contribution in [0.15, 0.2) is 24.3 Å². The van der Waals surface area contributed by atoms with Crippen molar-refractivity contribution in [2.24, 2.45) is 0 Å². The van der Waals surface area contributed by atoms with Gasteiger partial charge in [-0.2, -0.15) is 0 Å². The lowest BCUT2D eigenvalue weighted by Gasteiger charge is -2.13. The van der Waals surface area contributed by atoms with Crippen molar-refractivity contribution >= 4 is 12.1 Å². The van der Waals surface area contributed by atoms with E-state index in [1.165, 1.54) is 12.1 Å². The molecule has 0 radical (unpaired) electrons. The normalized spacial score (nSPS) is 11.6. The van der Waals surface area contributed by atoms with Gasteiger partial charge in [-0.25, -0.2) is 9.59 Å². The number of aromatic hydroxyl groups is 1. The number of hydrogen-bond acceptors (Lipinski definition) is 4. The number of carboxylic acid groups (broad SMARTS) is 1. The summed E-state index contributed by atoms with van der Waals surface area (Å²) < 4.78 is 4.33. The highest BCUT2D eigenvalue weighted by Crippen LogP contribution is 2.12. The maximum absolute atomic E-state index is 10.9. The second-order valence-corrected chi connectivity index (χ2v) is 3.40. The highest BCUT2D eigenvalue weighted by molar-refractivity contribution is 5.80. The SMILES string of the molecule is COC(=O)N[C@@H](Cc1cccc(O)c1)C(=O)O. The molecule has 0 unspecified atom stereocenters. The van der Waals surface area contributed by atoms with E-state index in [9.17, 15) is 14.7 Å². The van der Waals surface area contributed by atoms with Gasteiger partial charge in [0.25, 0.3) is 0 Å². The van der Waals surface area contributed by atoms with Gasteiger partial charge in [-0.15, -0.1) is 0 Å². The summed E-state index contributed by atoms with van der Waals surface area (Å²) >= 11 is 0. The number of ether oxygens (including phenoxy) is 1. The average Bonchev–Trinajstić information content (AvgIpc) is 2.27. The second-order valence-electron chi connectivity index (χ2n) is 3.40. The molecule has 6 heteroatoms. The van der Waals surface area contributed by atoms with Gasteiger partial charge in [0.15, 0.2) is 0 Å². The molecule has 3 N–H and O–H groups in total. The van der Waals surface area contributed by atoms with Crippen LogP contribution >= 0.6 is 0 Å². The summed E-state index contributed by atoms with van der Waals surface area (Å²) in [6.45, 7) is 0. The number of carbonyl (C=O) groups is 2. The molecule has 1 aromatic rings. The molecule has 1 rings (SSSR count). The fraction of sp³-hybridized carbons (Fsp3) is 0.273. The summed E-state index contributed by atoms with van der Waals surface area (Å²) in [7, 11) is 1.16. The van der Waals surface area contributed by atoms with Crippen molar-refractivity contribution in [3.63, 3.8) is 0 Å². The van der Waals surface area contributed by atoms with E-state index in [0.29, 0.717) is 5.56 Å². The Morgan fingerprint density at radius 2 is 2.18 bits per heavy atom. The van der Waals surface area contributed by atoms with Crippen LogP contribution in [0.5, 0.6) is 5.75 Å².